The van der Waals surface area contributed by atoms with Crippen molar-refractivity contribution in [1.82, 2.24) is 14.5 Å². The molecule has 0 aromatic carbocycles. The highest BCUT2D eigenvalue weighted by Gasteiger charge is 2.60. The van der Waals surface area contributed by atoms with Crippen molar-refractivity contribution in [3.63, 3.8) is 0 Å². The fourth-order valence-corrected chi connectivity index (χ4v) is 4.25. The first kappa shape index (κ1) is 25.2. The van der Waals surface area contributed by atoms with E-state index in [0.29, 0.717) is 0 Å². The summed E-state index contributed by atoms with van der Waals surface area (Å²) in [6.45, 7) is 4.59. The Kier molecular flexibility index (Phi) is 6.97. The Balaban J connectivity index is 2.25. The fourth-order valence-electron chi connectivity index (χ4n) is 3.88. The zero-order chi connectivity index (χ0) is 25.4. The molecule has 15 heteroatoms. The van der Waals surface area contributed by atoms with E-state index in [-0.39, 0.29) is 28.6 Å². The monoisotopic (exact) mass is 497 g/mol. The Morgan fingerprint density at radius 2 is 1.94 bits per heavy atom. The Labute approximate surface area is 197 Å². The van der Waals surface area contributed by atoms with Crippen LogP contribution in [0.2, 0.25) is 0 Å². The Hall–Kier alpha value is -3.46. The summed E-state index contributed by atoms with van der Waals surface area (Å²) in [7, 11) is 0. The number of carbonyl (C=O) groups is 3. The van der Waals surface area contributed by atoms with Gasteiger partial charge in [0.15, 0.2) is 28.7 Å². The number of rotatable bonds is 7. The van der Waals surface area contributed by atoms with Gasteiger partial charge in [0, 0.05) is 20.8 Å². The first-order chi connectivity index (χ1) is 15.9. The summed E-state index contributed by atoms with van der Waals surface area (Å²) in [6, 6.07) is 0. The summed E-state index contributed by atoms with van der Waals surface area (Å²) in [4.78, 5) is 54.8. The van der Waals surface area contributed by atoms with Gasteiger partial charge in [0.1, 0.15) is 23.9 Å². The smallest absolute Gasteiger partial charge is 0.303 e. The molecule has 2 aromatic rings. The average Bonchev–Trinajstić information content (AvgIpc) is 3.22. The third-order valence-electron chi connectivity index (χ3n) is 5.10. The normalized spacial score (nSPS) is 24.1. The lowest BCUT2D eigenvalue weighted by Gasteiger charge is -2.34. The Morgan fingerprint density at radius 1 is 1.26 bits per heavy atom. The lowest BCUT2D eigenvalue weighted by Crippen LogP contribution is -2.50. The quantitative estimate of drug-likeness (QED) is 0.144. The number of thioether (sulfide) groups is 1. The molecule has 1 aliphatic rings. The summed E-state index contributed by atoms with van der Waals surface area (Å²) in [5, 5.41) is 12.0. The molecular weight excluding hydrogens is 474 g/mol. The van der Waals surface area contributed by atoms with E-state index in [4.69, 9.17) is 24.7 Å². The van der Waals surface area contributed by atoms with Gasteiger partial charge in [-0.25, -0.2) is 9.97 Å². The summed E-state index contributed by atoms with van der Waals surface area (Å²) >= 11 is 1.16. The number of esters is 3. The summed E-state index contributed by atoms with van der Waals surface area (Å²) in [6.07, 6.45) is -0.748. The minimum Gasteiger partial charge on any atom is -0.463 e. The highest BCUT2D eigenvalue weighted by molar-refractivity contribution is 7.98. The summed E-state index contributed by atoms with van der Waals surface area (Å²) < 4.78 is 23.4. The van der Waals surface area contributed by atoms with Gasteiger partial charge in [-0.2, -0.15) is 0 Å². The second-order valence-electron chi connectivity index (χ2n) is 7.61. The maximum absolute atomic E-state index is 12.0. The fraction of sp³-hybridized carbons (Fsp3) is 0.526. The number of nitrogens with two attached hydrogens (primary N) is 1. The highest BCUT2D eigenvalue weighted by Crippen LogP contribution is 2.46. The van der Waals surface area contributed by atoms with Crippen LogP contribution in [-0.2, 0) is 33.3 Å². The van der Waals surface area contributed by atoms with Crippen LogP contribution in [0.3, 0.4) is 0 Å². The first-order valence-corrected chi connectivity index (χ1v) is 11.1. The van der Waals surface area contributed by atoms with E-state index in [1.165, 1.54) is 18.4 Å². The summed E-state index contributed by atoms with van der Waals surface area (Å²) in [5.74, 6) is -2.18. The van der Waals surface area contributed by atoms with Crippen molar-refractivity contribution in [2.75, 3.05) is 18.6 Å². The highest BCUT2D eigenvalue weighted by atomic mass is 32.2. The number of anilines is 1. The predicted octanol–water partition coefficient (Wildman–Crippen LogP) is 1.36. The van der Waals surface area contributed by atoms with Crippen molar-refractivity contribution < 1.29 is 38.3 Å². The van der Waals surface area contributed by atoms with Gasteiger partial charge in [-0.3, -0.25) is 29.1 Å². The van der Waals surface area contributed by atoms with Gasteiger partial charge in [0.05, 0.1) is 11.1 Å². The van der Waals surface area contributed by atoms with Crippen LogP contribution >= 0.6 is 11.8 Å². The lowest BCUT2D eigenvalue weighted by atomic mass is 9.95. The molecule has 1 fully saturated rings. The molecular formula is C19H23N5O9S. The molecule has 1 saturated heterocycles. The van der Waals surface area contributed by atoms with E-state index in [1.807, 2.05) is 0 Å². The van der Waals surface area contributed by atoms with Crippen molar-refractivity contribution >= 4 is 52.2 Å². The van der Waals surface area contributed by atoms with E-state index in [1.54, 1.807) is 6.26 Å². The van der Waals surface area contributed by atoms with Gasteiger partial charge in [-0.05, 0) is 13.2 Å². The maximum atomic E-state index is 12.0. The standard InChI is InChI=1S/C19H23N5O9S/c1-8(25)30-7-12-14(31-9(2)26)19(4,33-10(3)27)17(32-12)23-6-11(24(28)29)13-15(20)21-18(34-5)22-16(13)23/h6,12,14,17H,7H2,1-5H3,(H2,20,21,22)/t12-,14-,17?,19-/m1/s1. The van der Waals surface area contributed by atoms with Crippen LogP contribution in [0, 0.1) is 10.1 Å². The van der Waals surface area contributed by atoms with Crippen LogP contribution in [0.5, 0.6) is 0 Å². The van der Waals surface area contributed by atoms with Gasteiger partial charge < -0.3 is 24.7 Å². The Morgan fingerprint density at radius 3 is 2.47 bits per heavy atom. The van der Waals surface area contributed by atoms with E-state index < -0.39 is 52.6 Å². The number of nitro groups is 1. The van der Waals surface area contributed by atoms with Crippen molar-refractivity contribution in [1.29, 1.82) is 0 Å². The molecule has 0 saturated carbocycles. The lowest BCUT2D eigenvalue weighted by molar-refractivity contribution is -0.383. The average molecular weight is 497 g/mol. The molecule has 0 bridgehead atoms. The number of hydrogen-bond acceptors (Lipinski definition) is 13. The molecule has 1 unspecified atom stereocenters. The zero-order valence-electron chi connectivity index (χ0n) is 19.0. The van der Waals surface area contributed by atoms with E-state index in [0.717, 1.165) is 31.8 Å². The van der Waals surface area contributed by atoms with Crippen molar-refractivity contribution in [3.05, 3.63) is 16.3 Å². The molecule has 0 aliphatic carbocycles. The van der Waals surface area contributed by atoms with Crippen molar-refractivity contribution in [2.45, 2.75) is 56.9 Å². The number of carbonyl (C=O) groups excluding carboxylic acids is 3. The molecule has 34 heavy (non-hydrogen) atoms. The maximum Gasteiger partial charge on any atom is 0.303 e. The number of fused-ring (bicyclic) bond motifs is 1. The number of ether oxygens (including phenoxy) is 4. The number of nitrogens with zero attached hydrogens (tertiary/aromatic N) is 4. The van der Waals surface area contributed by atoms with Gasteiger partial charge >= 0.3 is 17.9 Å². The molecule has 0 radical (unpaired) electrons. The van der Waals surface area contributed by atoms with Crippen molar-refractivity contribution in [3.8, 4) is 0 Å². The third kappa shape index (κ3) is 4.61. The van der Waals surface area contributed by atoms with Crippen LogP contribution in [0.25, 0.3) is 11.0 Å². The molecule has 3 heterocycles. The molecule has 0 spiro atoms. The van der Waals surface area contributed by atoms with Gasteiger partial charge in [0.2, 0.25) is 0 Å². The van der Waals surface area contributed by atoms with Crippen LogP contribution in [0.15, 0.2) is 11.4 Å². The largest absolute Gasteiger partial charge is 0.463 e. The molecule has 4 atom stereocenters. The molecule has 3 rings (SSSR count). The van der Waals surface area contributed by atoms with E-state index in [9.17, 15) is 24.5 Å². The summed E-state index contributed by atoms with van der Waals surface area (Å²) in [5.41, 5.74) is 3.95. The Bertz CT molecular complexity index is 1170. The first-order valence-electron chi connectivity index (χ1n) is 9.91. The molecule has 2 aromatic heterocycles. The van der Waals surface area contributed by atoms with E-state index in [2.05, 4.69) is 9.97 Å². The molecule has 1 aliphatic heterocycles. The zero-order valence-corrected chi connectivity index (χ0v) is 19.8. The molecule has 2 N–H and O–H groups in total. The minimum absolute atomic E-state index is 0.0379. The third-order valence-corrected chi connectivity index (χ3v) is 5.64. The van der Waals surface area contributed by atoms with Crippen LogP contribution < -0.4 is 5.73 Å². The number of aromatic nitrogens is 3. The predicted molar refractivity (Wildman–Crippen MR) is 117 cm³/mol. The van der Waals surface area contributed by atoms with Crippen LogP contribution in [0.4, 0.5) is 11.5 Å². The topological polar surface area (TPSA) is 188 Å². The second kappa shape index (κ2) is 9.42. The van der Waals surface area contributed by atoms with Crippen molar-refractivity contribution in [2.24, 2.45) is 0 Å². The SMILES string of the molecule is CSc1nc(N)c2c([N+](=O)[O-])cn(C3O[C@H](COC(C)=O)[C@@H](OC(C)=O)[C@@]3(C)OC(C)=O)c2n1. The molecule has 184 valence electrons. The second-order valence-corrected chi connectivity index (χ2v) is 8.38. The van der Waals surface area contributed by atoms with Gasteiger partial charge in [0.25, 0.3) is 5.69 Å². The number of hydrogen-bond donors (Lipinski definition) is 1. The van der Waals surface area contributed by atoms with Gasteiger partial charge in [-0.15, -0.1) is 0 Å². The van der Waals surface area contributed by atoms with Gasteiger partial charge in [-0.1, -0.05) is 11.8 Å². The van der Waals surface area contributed by atoms with Crippen LogP contribution in [-0.4, -0.2) is 68.0 Å². The molecule has 14 nitrogen and oxygen atoms in total. The van der Waals surface area contributed by atoms with E-state index >= 15 is 0 Å². The number of nitrogen functional groups attached to an aromatic ring is 1. The van der Waals surface area contributed by atoms with Crippen LogP contribution in [0.1, 0.15) is 33.9 Å². The minimum atomic E-state index is -1.69. The molecule has 0 amide bonds.